The van der Waals surface area contributed by atoms with E-state index in [1.807, 2.05) is 0 Å². The molecule has 4 heteroatoms. The van der Waals surface area contributed by atoms with Crippen LogP contribution in [-0.4, -0.2) is 22.3 Å². The van der Waals surface area contributed by atoms with Gasteiger partial charge in [-0.3, -0.25) is 10.0 Å². The zero-order chi connectivity index (χ0) is 24.9. The van der Waals surface area contributed by atoms with Crippen molar-refractivity contribution < 1.29 is 15.1 Å². The van der Waals surface area contributed by atoms with Crippen molar-refractivity contribution in [3.8, 4) is 0 Å². The van der Waals surface area contributed by atoms with Crippen molar-refractivity contribution in [2.24, 2.45) is 56.7 Å². The smallest absolute Gasteiger partial charge is 0.249 e. The fraction of sp³-hybridized carbons (Fsp3) is 0.900. The van der Waals surface area contributed by atoms with Gasteiger partial charge in [0.25, 0.3) is 0 Å². The van der Waals surface area contributed by atoms with E-state index >= 15 is 0 Å². The second kappa shape index (κ2) is 7.57. The number of carbonyl (C=O) groups is 1. The van der Waals surface area contributed by atoms with Gasteiger partial charge in [-0.15, -0.1) is 0 Å². The lowest BCUT2D eigenvalue weighted by atomic mass is 9.32. The summed E-state index contributed by atoms with van der Waals surface area (Å²) in [6.07, 6.45) is 10.6. The molecule has 0 aromatic heterocycles. The minimum Gasteiger partial charge on any atom is -0.393 e. The molecule has 0 aromatic carbocycles. The first-order valence-electron chi connectivity index (χ1n) is 14.1. The third kappa shape index (κ3) is 2.82. The molecule has 0 aromatic rings. The highest BCUT2D eigenvalue weighted by molar-refractivity contribution is 5.82. The molecule has 0 spiro atoms. The normalized spacial score (nSPS) is 53.6. The van der Waals surface area contributed by atoms with Gasteiger partial charge in [0, 0.05) is 0 Å². The minimum atomic E-state index is -0.441. The van der Waals surface area contributed by atoms with E-state index in [9.17, 15) is 15.1 Å². The maximum atomic E-state index is 13.2. The van der Waals surface area contributed by atoms with E-state index in [4.69, 9.17) is 0 Å². The SMILES string of the molecule is C=C(C)[C@@H]1CC[C@]2(C(=O)NO)CC[C@]3(C)C(CC[C@@H]4[C@@]5(C)CC[C@H](O)C(C)(C)[C@@H]5CC[C@]43C)[C@@H]12. The van der Waals surface area contributed by atoms with Crippen molar-refractivity contribution in [2.45, 2.75) is 112 Å². The van der Waals surface area contributed by atoms with Crippen LogP contribution in [0.4, 0.5) is 0 Å². The summed E-state index contributed by atoms with van der Waals surface area (Å²) in [5.41, 5.74) is 3.54. The van der Waals surface area contributed by atoms with E-state index in [2.05, 4.69) is 53.6 Å². The third-order valence-corrected chi connectivity index (χ3v) is 13.6. The summed E-state index contributed by atoms with van der Waals surface area (Å²) in [5, 5.41) is 20.7. The van der Waals surface area contributed by atoms with E-state index in [-0.39, 0.29) is 39.6 Å². The Morgan fingerprint density at radius 3 is 2.21 bits per heavy atom. The van der Waals surface area contributed by atoms with Gasteiger partial charge in [-0.2, -0.15) is 0 Å². The first-order chi connectivity index (χ1) is 15.8. The summed E-state index contributed by atoms with van der Waals surface area (Å²) in [7, 11) is 0. The van der Waals surface area contributed by atoms with Gasteiger partial charge in [0.15, 0.2) is 0 Å². The van der Waals surface area contributed by atoms with Gasteiger partial charge in [0.2, 0.25) is 5.91 Å². The van der Waals surface area contributed by atoms with Gasteiger partial charge in [-0.25, -0.2) is 5.48 Å². The number of fused-ring (bicyclic) bond motifs is 7. The highest BCUT2D eigenvalue weighted by Gasteiger charge is 2.71. The lowest BCUT2D eigenvalue weighted by Gasteiger charge is -2.72. The van der Waals surface area contributed by atoms with Crippen LogP contribution in [0.1, 0.15) is 106 Å². The van der Waals surface area contributed by atoms with E-state index in [1.165, 1.54) is 31.3 Å². The van der Waals surface area contributed by atoms with Crippen molar-refractivity contribution in [1.82, 2.24) is 5.48 Å². The number of hydrogen-bond acceptors (Lipinski definition) is 3. The Kier molecular flexibility index (Phi) is 5.52. The van der Waals surface area contributed by atoms with Crippen LogP contribution in [0, 0.1) is 56.7 Å². The van der Waals surface area contributed by atoms with Crippen LogP contribution in [0.2, 0.25) is 0 Å². The summed E-state index contributed by atoms with van der Waals surface area (Å²) < 4.78 is 0. The molecule has 10 atom stereocenters. The molecule has 192 valence electrons. The molecule has 5 rings (SSSR count). The predicted molar refractivity (Wildman–Crippen MR) is 135 cm³/mol. The lowest BCUT2D eigenvalue weighted by Crippen LogP contribution is -2.67. The lowest BCUT2D eigenvalue weighted by molar-refractivity contribution is -0.247. The van der Waals surface area contributed by atoms with E-state index in [0.29, 0.717) is 23.7 Å². The Balaban J connectivity index is 1.56. The van der Waals surface area contributed by atoms with E-state index < -0.39 is 5.41 Å². The van der Waals surface area contributed by atoms with E-state index in [0.717, 1.165) is 38.5 Å². The number of hydroxylamine groups is 1. The molecule has 5 saturated carbocycles. The van der Waals surface area contributed by atoms with Crippen molar-refractivity contribution >= 4 is 5.91 Å². The number of allylic oxidation sites excluding steroid dienone is 1. The Hall–Kier alpha value is -0.870. The third-order valence-electron chi connectivity index (χ3n) is 13.6. The van der Waals surface area contributed by atoms with Crippen LogP contribution in [0.3, 0.4) is 0 Å². The fourth-order valence-corrected chi connectivity index (χ4v) is 11.6. The molecule has 5 aliphatic carbocycles. The number of aliphatic hydroxyl groups is 1. The Bertz CT molecular complexity index is 882. The second-order valence-electron chi connectivity index (χ2n) is 14.7. The second-order valence-corrected chi connectivity index (χ2v) is 14.7. The van der Waals surface area contributed by atoms with Crippen molar-refractivity contribution in [1.29, 1.82) is 0 Å². The van der Waals surface area contributed by atoms with Crippen molar-refractivity contribution in [3.63, 3.8) is 0 Å². The molecule has 3 N–H and O–H groups in total. The van der Waals surface area contributed by atoms with Gasteiger partial charge in [-0.1, -0.05) is 46.8 Å². The molecule has 0 saturated heterocycles. The molecule has 1 amide bonds. The number of carbonyl (C=O) groups excluding carboxylic acids is 1. The van der Waals surface area contributed by atoms with Crippen LogP contribution in [0.25, 0.3) is 0 Å². The first-order valence-corrected chi connectivity index (χ1v) is 14.1. The number of amides is 1. The zero-order valence-electron chi connectivity index (χ0n) is 22.5. The van der Waals surface area contributed by atoms with E-state index in [1.54, 1.807) is 0 Å². The highest BCUT2D eigenvalue weighted by Crippen LogP contribution is 2.77. The maximum Gasteiger partial charge on any atom is 0.249 e. The Morgan fingerprint density at radius 2 is 1.56 bits per heavy atom. The van der Waals surface area contributed by atoms with Crippen LogP contribution >= 0.6 is 0 Å². The van der Waals surface area contributed by atoms with Crippen LogP contribution in [0.5, 0.6) is 0 Å². The summed E-state index contributed by atoms with van der Waals surface area (Å²) in [4.78, 5) is 13.2. The highest BCUT2D eigenvalue weighted by atomic mass is 16.5. The number of rotatable bonds is 2. The molecule has 34 heavy (non-hydrogen) atoms. The molecule has 0 heterocycles. The van der Waals surface area contributed by atoms with Gasteiger partial charge in [0.1, 0.15) is 0 Å². The molecule has 5 fully saturated rings. The van der Waals surface area contributed by atoms with Crippen LogP contribution < -0.4 is 5.48 Å². The summed E-state index contributed by atoms with van der Waals surface area (Å²) in [6, 6.07) is 0. The summed E-state index contributed by atoms with van der Waals surface area (Å²) in [6.45, 7) is 18.9. The molecular formula is C30H49NO3. The number of nitrogens with one attached hydrogen (secondary N) is 1. The summed E-state index contributed by atoms with van der Waals surface area (Å²) in [5.74, 6) is 2.23. The molecule has 1 unspecified atom stereocenters. The molecule has 5 aliphatic rings. The quantitative estimate of drug-likeness (QED) is 0.244. The average Bonchev–Trinajstić information content (AvgIpc) is 3.18. The largest absolute Gasteiger partial charge is 0.393 e. The Morgan fingerprint density at radius 1 is 0.853 bits per heavy atom. The van der Waals surface area contributed by atoms with Gasteiger partial charge in [0.05, 0.1) is 11.5 Å². The average molecular weight is 472 g/mol. The molecule has 0 radical (unpaired) electrons. The minimum absolute atomic E-state index is 0.0243. The van der Waals surface area contributed by atoms with Crippen LogP contribution in [-0.2, 0) is 4.79 Å². The Labute approximate surface area is 207 Å². The van der Waals surface area contributed by atoms with Gasteiger partial charge < -0.3 is 5.11 Å². The molecular weight excluding hydrogens is 422 g/mol. The molecule has 0 bridgehead atoms. The topological polar surface area (TPSA) is 69.6 Å². The number of hydrogen-bond donors (Lipinski definition) is 3. The summed E-state index contributed by atoms with van der Waals surface area (Å²) >= 11 is 0. The van der Waals surface area contributed by atoms with Crippen LogP contribution in [0.15, 0.2) is 12.2 Å². The molecule has 4 nitrogen and oxygen atoms in total. The molecule has 0 aliphatic heterocycles. The maximum absolute atomic E-state index is 13.2. The number of aliphatic hydroxyl groups excluding tert-OH is 1. The monoisotopic (exact) mass is 471 g/mol. The van der Waals surface area contributed by atoms with Gasteiger partial charge >= 0.3 is 0 Å². The van der Waals surface area contributed by atoms with Gasteiger partial charge in [-0.05, 0) is 122 Å². The predicted octanol–water partition coefficient (Wildman–Crippen LogP) is 6.51. The standard InChI is InChI=1S/C30H49NO3/c1-18(2)19-10-15-30(25(33)31-34)17-16-28(6)20(24(19)30)8-9-22-27(5)13-12-23(32)26(3,4)21(27)11-14-29(22,28)7/h19-24,32,34H,1,8-17H2,2-7H3,(H,31,33)/t19-,20?,21-,22+,23-,24+,27-,28+,29+,30-/m0/s1. The zero-order valence-corrected chi connectivity index (χ0v) is 22.5. The first kappa shape index (κ1) is 24.8. The van der Waals surface area contributed by atoms with Crippen molar-refractivity contribution in [3.05, 3.63) is 12.2 Å². The fourth-order valence-electron chi connectivity index (χ4n) is 11.6. The van der Waals surface area contributed by atoms with Crippen molar-refractivity contribution in [2.75, 3.05) is 0 Å².